The maximum atomic E-state index is 12.1. The van der Waals surface area contributed by atoms with Crippen LogP contribution in [-0.2, 0) is 6.54 Å². The zero-order chi connectivity index (χ0) is 14.0. The highest BCUT2D eigenvalue weighted by Crippen LogP contribution is 2.31. The highest BCUT2D eigenvalue weighted by atomic mass is 35.5. The molecule has 0 saturated heterocycles. The number of carbonyl (C=O) groups excluding carboxylic acids is 1. The van der Waals surface area contributed by atoms with Gasteiger partial charge in [0.05, 0.1) is 27.2 Å². The quantitative estimate of drug-likeness (QED) is 0.848. The summed E-state index contributed by atoms with van der Waals surface area (Å²) < 4.78 is 0. The monoisotopic (exact) mass is 334 g/mol. The summed E-state index contributed by atoms with van der Waals surface area (Å²) in [6, 6.07) is 3.09. The number of nitrogens with one attached hydrogen (secondary N) is 1. The summed E-state index contributed by atoms with van der Waals surface area (Å²) in [6.07, 6.45) is 0. The number of aromatic nitrogens is 1. The zero-order valence-electron chi connectivity index (χ0n) is 9.84. The van der Waals surface area contributed by atoms with Crippen LogP contribution in [0.2, 0.25) is 15.1 Å². The van der Waals surface area contributed by atoms with Crippen LogP contribution in [0.1, 0.15) is 21.1 Å². The largest absolute Gasteiger partial charge is 0.345 e. The number of hydrogen-bond acceptors (Lipinski definition) is 3. The number of nitrogens with zero attached hydrogens (tertiary/aromatic N) is 1. The Morgan fingerprint density at radius 2 is 2.00 bits per heavy atom. The number of aryl methyl sites for hydroxylation is 1. The summed E-state index contributed by atoms with van der Waals surface area (Å²) in [5.41, 5.74) is 1.11. The number of benzene rings is 1. The van der Waals surface area contributed by atoms with Crippen LogP contribution in [0.3, 0.4) is 0 Å². The van der Waals surface area contributed by atoms with Crippen LogP contribution in [0.4, 0.5) is 0 Å². The third-order valence-electron chi connectivity index (χ3n) is 2.34. The van der Waals surface area contributed by atoms with E-state index in [4.69, 9.17) is 34.8 Å². The average Bonchev–Trinajstić information content (AvgIpc) is 2.78. The number of amides is 1. The summed E-state index contributed by atoms with van der Waals surface area (Å²) in [6.45, 7) is 2.23. The van der Waals surface area contributed by atoms with Gasteiger partial charge in [-0.15, -0.1) is 11.3 Å². The Morgan fingerprint density at radius 3 is 2.63 bits per heavy atom. The van der Waals surface area contributed by atoms with Crippen molar-refractivity contribution in [2.45, 2.75) is 13.5 Å². The van der Waals surface area contributed by atoms with Crippen LogP contribution in [0, 0.1) is 6.92 Å². The summed E-state index contributed by atoms with van der Waals surface area (Å²) >= 11 is 19.3. The predicted octanol–water partition coefficient (Wildman–Crippen LogP) is 4.34. The molecule has 0 saturated carbocycles. The van der Waals surface area contributed by atoms with Crippen molar-refractivity contribution in [1.29, 1.82) is 0 Å². The molecule has 0 bridgehead atoms. The van der Waals surface area contributed by atoms with E-state index in [-0.39, 0.29) is 21.5 Å². The fraction of sp³-hybridized carbons (Fsp3) is 0.167. The smallest absolute Gasteiger partial charge is 0.254 e. The maximum absolute atomic E-state index is 12.1. The molecule has 1 aromatic heterocycles. The van der Waals surface area contributed by atoms with Crippen molar-refractivity contribution in [3.05, 3.63) is 48.8 Å². The summed E-state index contributed by atoms with van der Waals surface area (Å²) in [5.74, 6) is -0.370. The van der Waals surface area contributed by atoms with Crippen molar-refractivity contribution in [1.82, 2.24) is 10.3 Å². The van der Waals surface area contributed by atoms with Crippen molar-refractivity contribution in [2.75, 3.05) is 0 Å². The molecule has 0 fully saturated rings. The van der Waals surface area contributed by atoms with E-state index >= 15 is 0 Å². The van der Waals surface area contributed by atoms with Gasteiger partial charge >= 0.3 is 0 Å². The molecule has 2 rings (SSSR count). The Labute approximate surface area is 129 Å². The second-order valence-electron chi connectivity index (χ2n) is 3.78. The lowest BCUT2D eigenvalue weighted by atomic mass is 10.2. The molecule has 0 aliphatic heterocycles. The molecule has 100 valence electrons. The van der Waals surface area contributed by atoms with E-state index in [1.54, 1.807) is 6.07 Å². The Hall–Kier alpha value is -0.810. The molecule has 7 heteroatoms. The Balaban J connectivity index is 2.14. The van der Waals surface area contributed by atoms with Gasteiger partial charge in [0.15, 0.2) is 0 Å². The lowest BCUT2D eigenvalue weighted by Gasteiger charge is -2.08. The molecule has 1 heterocycles. The molecule has 1 aromatic carbocycles. The van der Waals surface area contributed by atoms with E-state index in [1.807, 2.05) is 12.3 Å². The normalized spacial score (nSPS) is 10.5. The highest BCUT2D eigenvalue weighted by molar-refractivity contribution is 7.09. The Morgan fingerprint density at radius 1 is 1.32 bits per heavy atom. The van der Waals surface area contributed by atoms with Gasteiger partial charge < -0.3 is 5.32 Å². The molecule has 3 nitrogen and oxygen atoms in total. The first kappa shape index (κ1) is 14.6. The minimum absolute atomic E-state index is 0.155. The molecular weight excluding hydrogens is 327 g/mol. The van der Waals surface area contributed by atoms with E-state index in [1.165, 1.54) is 17.4 Å². The average molecular weight is 336 g/mol. The molecule has 2 aromatic rings. The summed E-state index contributed by atoms with van der Waals surface area (Å²) in [5, 5.41) is 6.17. The van der Waals surface area contributed by atoms with Crippen LogP contribution in [0.5, 0.6) is 0 Å². The molecule has 0 aliphatic rings. The molecule has 0 unspecified atom stereocenters. The predicted molar refractivity (Wildman–Crippen MR) is 79.5 cm³/mol. The van der Waals surface area contributed by atoms with Gasteiger partial charge in [0.2, 0.25) is 0 Å². The van der Waals surface area contributed by atoms with Crippen LogP contribution >= 0.6 is 46.1 Å². The zero-order valence-corrected chi connectivity index (χ0v) is 12.9. The van der Waals surface area contributed by atoms with E-state index < -0.39 is 0 Å². The standard InChI is InChI=1S/C12H9Cl3N2OS/c1-6-5-19-9(17-6)4-16-12(18)10-7(13)2-3-8(14)11(10)15/h2-3,5H,4H2,1H3,(H,16,18). The van der Waals surface area contributed by atoms with Gasteiger partial charge in [0.1, 0.15) is 5.01 Å². The highest BCUT2D eigenvalue weighted by Gasteiger charge is 2.17. The second kappa shape index (κ2) is 6.09. The van der Waals surface area contributed by atoms with Gasteiger partial charge in [-0.1, -0.05) is 34.8 Å². The molecule has 19 heavy (non-hydrogen) atoms. The number of halogens is 3. The van der Waals surface area contributed by atoms with Gasteiger partial charge in [-0.3, -0.25) is 4.79 Å². The van der Waals surface area contributed by atoms with Crippen molar-refractivity contribution >= 4 is 52.0 Å². The molecule has 1 N–H and O–H groups in total. The summed E-state index contributed by atoms with van der Waals surface area (Å²) in [7, 11) is 0. The molecule has 0 atom stereocenters. The van der Waals surface area contributed by atoms with E-state index in [0.29, 0.717) is 11.6 Å². The summed E-state index contributed by atoms with van der Waals surface area (Å²) in [4.78, 5) is 16.3. The first-order chi connectivity index (χ1) is 8.99. The molecule has 1 amide bonds. The lowest BCUT2D eigenvalue weighted by molar-refractivity contribution is 0.0951. The lowest BCUT2D eigenvalue weighted by Crippen LogP contribution is -2.23. The third kappa shape index (κ3) is 3.39. The number of hydrogen-bond donors (Lipinski definition) is 1. The van der Waals surface area contributed by atoms with Gasteiger partial charge in [-0.2, -0.15) is 0 Å². The van der Waals surface area contributed by atoms with Crippen LogP contribution in [0.25, 0.3) is 0 Å². The van der Waals surface area contributed by atoms with Crippen LogP contribution < -0.4 is 5.32 Å². The van der Waals surface area contributed by atoms with Gasteiger partial charge in [0.25, 0.3) is 5.91 Å². The fourth-order valence-corrected chi connectivity index (χ4v) is 2.87. The van der Waals surface area contributed by atoms with Gasteiger partial charge in [0, 0.05) is 11.1 Å². The topological polar surface area (TPSA) is 42.0 Å². The van der Waals surface area contributed by atoms with Crippen LogP contribution in [0.15, 0.2) is 17.5 Å². The van der Waals surface area contributed by atoms with Crippen molar-refractivity contribution < 1.29 is 4.79 Å². The second-order valence-corrected chi connectivity index (χ2v) is 5.92. The van der Waals surface area contributed by atoms with Crippen molar-refractivity contribution in [2.24, 2.45) is 0 Å². The maximum Gasteiger partial charge on any atom is 0.254 e. The van der Waals surface area contributed by atoms with Crippen molar-refractivity contribution in [3.63, 3.8) is 0 Å². The first-order valence-electron chi connectivity index (χ1n) is 5.31. The number of thiazole rings is 1. The fourth-order valence-electron chi connectivity index (χ4n) is 1.46. The third-order valence-corrected chi connectivity index (χ3v) is 4.42. The number of rotatable bonds is 3. The van der Waals surface area contributed by atoms with Crippen molar-refractivity contribution in [3.8, 4) is 0 Å². The minimum Gasteiger partial charge on any atom is -0.345 e. The molecule has 0 spiro atoms. The van der Waals surface area contributed by atoms with Crippen LogP contribution in [-0.4, -0.2) is 10.9 Å². The Bertz CT molecular complexity index is 627. The van der Waals surface area contributed by atoms with E-state index in [9.17, 15) is 4.79 Å². The van der Waals surface area contributed by atoms with Gasteiger partial charge in [-0.05, 0) is 19.1 Å². The minimum atomic E-state index is -0.370. The molecule has 0 radical (unpaired) electrons. The SMILES string of the molecule is Cc1csc(CNC(=O)c2c(Cl)ccc(Cl)c2Cl)n1. The number of carbonyl (C=O) groups is 1. The molecular formula is C12H9Cl3N2OS. The van der Waals surface area contributed by atoms with E-state index in [2.05, 4.69) is 10.3 Å². The molecule has 0 aliphatic carbocycles. The van der Waals surface area contributed by atoms with E-state index in [0.717, 1.165) is 10.7 Å². The van der Waals surface area contributed by atoms with Gasteiger partial charge in [-0.25, -0.2) is 4.98 Å². The Kier molecular flexibility index (Phi) is 4.68. The first-order valence-corrected chi connectivity index (χ1v) is 7.33.